The molecular formula is C24H26O6. The highest BCUT2D eigenvalue weighted by molar-refractivity contribution is 6.04. The normalized spacial score (nSPS) is 18.1. The van der Waals surface area contributed by atoms with Crippen molar-refractivity contribution in [2.45, 2.75) is 39.4 Å². The van der Waals surface area contributed by atoms with Gasteiger partial charge in [-0.1, -0.05) is 55.5 Å². The number of carbonyl (C=O) groups is 3. The molecule has 2 aromatic rings. The molecular weight excluding hydrogens is 384 g/mol. The Morgan fingerprint density at radius 1 is 0.967 bits per heavy atom. The molecule has 6 nitrogen and oxygen atoms in total. The first-order valence-electron chi connectivity index (χ1n) is 9.86. The molecule has 0 aromatic heterocycles. The fourth-order valence-electron chi connectivity index (χ4n) is 3.81. The highest BCUT2D eigenvalue weighted by Crippen LogP contribution is 2.42. The molecule has 0 radical (unpaired) electrons. The van der Waals surface area contributed by atoms with Crippen molar-refractivity contribution in [2.24, 2.45) is 11.3 Å². The van der Waals surface area contributed by atoms with Crippen molar-refractivity contribution in [3.63, 3.8) is 0 Å². The van der Waals surface area contributed by atoms with Gasteiger partial charge in [0.15, 0.2) is 11.2 Å². The van der Waals surface area contributed by atoms with Crippen LogP contribution in [0, 0.1) is 11.3 Å². The van der Waals surface area contributed by atoms with Crippen LogP contribution >= 0.6 is 0 Å². The highest BCUT2D eigenvalue weighted by Gasteiger charge is 2.57. The summed E-state index contributed by atoms with van der Waals surface area (Å²) in [5.74, 6) is -2.96. The fourth-order valence-corrected chi connectivity index (χ4v) is 3.81. The molecule has 0 amide bonds. The average molecular weight is 410 g/mol. The Balaban J connectivity index is 1.99. The Bertz CT molecular complexity index is 927. The van der Waals surface area contributed by atoms with Crippen LogP contribution in [0.2, 0.25) is 0 Å². The van der Waals surface area contributed by atoms with Gasteiger partial charge in [0.25, 0.3) is 5.79 Å². The monoisotopic (exact) mass is 410 g/mol. The van der Waals surface area contributed by atoms with E-state index < -0.39 is 29.1 Å². The van der Waals surface area contributed by atoms with E-state index in [0.717, 1.165) is 0 Å². The minimum absolute atomic E-state index is 0.0111. The summed E-state index contributed by atoms with van der Waals surface area (Å²) in [5, 5.41) is 0. The van der Waals surface area contributed by atoms with Crippen molar-refractivity contribution in [1.29, 1.82) is 0 Å². The van der Waals surface area contributed by atoms with E-state index in [1.807, 2.05) is 6.07 Å². The second kappa shape index (κ2) is 8.30. The molecule has 0 aliphatic carbocycles. The van der Waals surface area contributed by atoms with Crippen molar-refractivity contribution in [1.82, 2.24) is 0 Å². The van der Waals surface area contributed by atoms with E-state index in [2.05, 4.69) is 0 Å². The summed E-state index contributed by atoms with van der Waals surface area (Å²) in [6.45, 7) is 4.72. The largest absolute Gasteiger partial charge is 0.496 e. The van der Waals surface area contributed by atoms with E-state index in [9.17, 15) is 14.4 Å². The van der Waals surface area contributed by atoms with Crippen molar-refractivity contribution >= 4 is 17.7 Å². The molecule has 2 aromatic carbocycles. The highest BCUT2D eigenvalue weighted by atomic mass is 16.7. The van der Waals surface area contributed by atoms with Gasteiger partial charge in [-0.3, -0.25) is 14.4 Å². The Morgan fingerprint density at radius 2 is 1.53 bits per heavy atom. The third-order valence-electron chi connectivity index (χ3n) is 5.30. The zero-order chi connectivity index (χ0) is 21.9. The van der Waals surface area contributed by atoms with Gasteiger partial charge >= 0.3 is 11.9 Å². The van der Waals surface area contributed by atoms with E-state index in [4.69, 9.17) is 14.2 Å². The number of ketones is 1. The fraction of sp³-hybridized carbons (Fsp3) is 0.375. The Kier molecular flexibility index (Phi) is 5.97. The van der Waals surface area contributed by atoms with Crippen molar-refractivity contribution in [3.8, 4) is 5.75 Å². The number of hydrogen-bond acceptors (Lipinski definition) is 6. The summed E-state index contributed by atoms with van der Waals surface area (Å²) in [6.07, 6.45) is -0.0241. The number of esters is 2. The van der Waals surface area contributed by atoms with Crippen LogP contribution in [0.15, 0.2) is 54.6 Å². The molecule has 6 heteroatoms. The van der Waals surface area contributed by atoms with Crippen LogP contribution in [0.4, 0.5) is 0 Å². The second-order valence-corrected chi connectivity index (χ2v) is 8.09. The van der Waals surface area contributed by atoms with E-state index in [-0.39, 0.29) is 18.6 Å². The molecule has 0 unspecified atom stereocenters. The van der Waals surface area contributed by atoms with Gasteiger partial charge in [-0.2, -0.15) is 0 Å². The Hall–Kier alpha value is -3.15. The summed E-state index contributed by atoms with van der Waals surface area (Å²) in [4.78, 5) is 39.3. The molecule has 30 heavy (non-hydrogen) atoms. The maximum Gasteiger partial charge on any atom is 0.327 e. The van der Waals surface area contributed by atoms with Gasteiger partial charge in [-0.15, -0.1) is 0 Å². The van der Waals surface area contributed by atoms with Crippen LogP contribution in [0.25, 0.3) is 0 Å². The number of methoxy groups -OCH3 is 1. The summed E-state index contributed by atoms with van der Waals surface area (Å²) in [5.41, 5.74) is -0.461. The van der Waals surface area contributed by atoms with Crippen LogP contribution in [0.5, 0.6) is 5.75 Å². The molecule has 0 saturated carbocycles. The Morgan fingerprint density at radius 3 is 2.13 bits per heavy atom. The van der Waals surface area contributed by atoms with Gasteiger partial charge in [0.05, 0.1) is 7.11 Å². The molecule has 3 rings (SSSR count). The SMILES string of the molecule is COc1ccccc1CC1(C[C@H](C)C(=O)c2ccccc2)C(=O)OC(C)(C)OC1=O. The molecule has 1 fully saturated rings. The topological polar surface area (TPSA) is 78.9 Å². The molecule has 0 bridgehead atoms. The lowest BCUT2D eigenvalue weighted by Gasteiger charge is -2.41. The lowest BCUT2D eigenvalue weighted by atomic mass is 9.72. The summed E-state index contributed by atoms with van der Waals surface area (Å²) in [7, 11) is 1.52. The van der Waals surface area contributed by atoms with Gasteiger partial charge < -0.3 is 14.2 Å². The van der Waals surface area contributed by atoms with Gasteiger partial charge in [0.2, 0.25) is 0 Å². The molecule has 0 spiro atoms. The molecule has 158 valence electrons. The smallest absolute Gasteiger partial charge is 0.327 e. The number of hydrogen-bond donors (Lipinski definition) is 0. The van der Waals surface area contributed by atoms with Gasteiger partial charge in [0, 0.05) is 31.7 Å². The Labute approximate surface area is 176 Å². The molecule has 1 aliphatic rings. The molecule has 0 N–H and O–H groups in total. The predicted molar refractivity (Wildman–Crippen MR) is 110 cm³/mol. The first-order valence-corrected chi connectivity index (χ1v) is 9.86. The van der Waals surface area contributed by atoms with Crippen LogP contribution in [-0.4, -0.2) is 30.6 Å². The maximum absolute atomic E-state index is 13.2. The number of rotatable bonds is 7. The zero-order valence-corrected chi connectivity index (χ0v) is 17.6. The quantitative estimate of drug-likeness (QED) is 0.390. The molecule has 1 heterocycles. The van der Waals surface area contributed by atoms with E-state index in [1.54, 1.807) is 55.5 Å². The first-order chi connectivity index (χ1) is 14.2. The van der Waals surface area contributed by atoms with Gasteiger partial charge in [0.1, 0.15) is 5.75 Å². The lowest BCUT2D eigenvalue weighted by molar-refractivity contribution is -0.252. The van der Waals surface area contributed by atoms with Crippen LogP contribution in [0.3, 0.4) is 0 Å². The number of para-hydroxylation sites is 1. The van der Waals surface area contributed by atoms with Crippen molar-refractivity contribution < 1.29 is 28.6 Å². The molecule has 1 saturated heterocycles. The van der Waals surface area contributed by atoms with Crippen LogP contribution < -0.4 is 4.74 Å². The summed E-state index contributed by atoms with van der Waals surface area (Å²) < 4.78 is 16.3. The number of ether oxygens (including phenoxy) is 3. The standard InChI is InChI=1S/C24H26O6/c1-16(20(25)17-10-6-5-7-11-17)14-24(15-18-12-8-9-13-19(18)28-4)21(26)29-23(2,3)30-22(24)27/h5-13,16H,14-15H2,1-4H3/t16-/m0/s1. The minimum Gasteiger partial charge on any atom is -0.496 e. The van der Waals surface area contributed by atoms with Crippen molar-refractivity contribution in [2.75, 3.05) is 7.11 Å². The number of Topliss-reactive ketones (excluding diaryl/α,β-unsaturated/α-hetero) is 1. The first kappa shape index (κ1) is 21.6. The van der Waals surface area contributed by atoms with Crippen LogP contribution in [-0.2, 0) is 25.5 Å². The number of benzene rings is 2. The van der Waals surface area contributed by atoms with Crippen molar-refractivity contribution in [3.05, 3.63) is 65.7 Å². The van der Waals surface area contributed by atoms with E-state index >= 15 is 0 Å². The molecule has 1 aliphatic heterocycles. The number of cyclic esters (lactones) is 2. The third-order valence-corrected chi connectivity index (χ3v) is 5.30. The minimum atomic E-state index is -1.64. The average Bonchev–Trinajstić information content (AvgIpc) is 2.71. The van der Waals surface area contributed by atoms with E-state index in [0.29, 0.717) is 16.9 Å². The molecule has 1 atom stereocenters. The van der Waals surface area contributed by atoms with Crippen LogP contribution in [0.1, 0.15) is 43.1 Å². The lowest BCUT2D eigenvalue weighted by Crippen LogP contribution is -2.55. The summed E-state index contributed by atoms with van der Waals surface area (Å²) in [6, 6.07) is 15.9. The number of carbonyl (C=O) groups excluding carboxylic acids is 3. The third kappa shape index (κ3) is 4.22. The zero-order valence-electron chi connectivity index (χ0n) is 17.6. The van der Waals surface area contributed by atoms with Gasteiger partial charge in [-0.25, -0.2) is 0 Å². The second-order valence-electron chi connectivity index (χ2n) is 8.09. The van der Waals surface area contributed by atoms with E-state index in [1.165, 1.54) is 21.0 Å². The predicted octanol–water partition coefficient (Wildman–Crippen LogP) is 3.97. The van der Waals surface area contributed by atoms with Gasteiger partial charge in [-0.05, 0) is 18.1 Å². The maximum atomic E-state index is 13.2. The summed E-state index contributed by atoms with van der Waals surface area (Å²) >= 11 is 0.